The fourth-order valence-corrected chi connectivity index (χ4v) is 2.48. The van der Waals surface area contributed by atoms with Crippen molar-refractivity contribution in [3.63, 3.8) is 0 Å². The summed E-state index contributed by atoms with van der Waals surface area (Å²) in [6.45, 7) is 5.10. The molecule has 0 radical (unpaired) electrons. The van der Waals surface area contributed by atoms with Crippen molar-refractivity contribution in [1.29, 1.82) is 0 Å². The first-order valence-corrected chi connectivity index (χ1v) is 7.07. The molecule has 0 bridgehead atoms. The Balaban J connectivity index is 0.00000220. The molecule has 2 rings (SSSR count). The molecule has 1 aromatic rings. The van der Waals surface area contributed by atoms with Gasteiger partial charge in [-0.1, -0.05) is 12.1 Å². The maximum absolute atomic E-state index is 12.5. The standard InChI is InChI=1S/C15H23N3O2.ClH/c1-20-12-11-17-7-4-8-18(10-9-17)15(19)13-5-2-3-6-14(13)16;/h2-3,5-6H,4,7-12,16H2,1H3;1H. The minimum atomic E-state index is 0. The molecule has 1 aromatic carbocycles. The summed E-state index contributed by atoms with van der Waals surface area (Å²) >= 11 is 0. The van der Waals surface area contributed by atoms with Crippen LogP contribution in [0.25, 0.3) is 0 Å². The van der Waals surface area contributed by atoms with Gasteiger partial charge in [0.05, 0.1) is 12.2 Å². The third kappa shape index (κ3) is 4.88. The molecule has 0 atom stereocenters. The molecular formula is C15H24ClN3O2. The molecule has 1 saturated heterocycles. The van der Waals surface area contributed by atoms with Gasteiger partial charge < -0.3 is 15.4 Å². The van der Waals surface area contributed by atoms with Crippen molar-refractivity contribution in [2.45, 2.75) is 6.42 Å². The van der Waals surface area contributed by atoms with E-state index in [-0.39, 0.29) is 18.3 Å². The van der Waals surface area contributed by atoms with Gasteiger partial charge in [-0.3, -0.25) is 9.69 Å². The van der Waals surface area contributed by atoms with E-state index in [1.165, 1.54) is 0 Å². The second-order valence-corrected chi connectivity index (χ2v) is 5.07. The zero-order valence-electron chi connectivity index (χ0n) is 12.5. The van der Waals surface area contributed by atoms with E-state index in [1.54, 1.807) is 19.2 Å². The Labute approximate surface area is 132 Å². The number of amides is 1. The van der Waals surface area contributed by atoms with E-state index in [1.807, 2.05) is 17.0 Å². The molecule has 1 amide bonds. The fraction of sp³-hybridized carbons (Fsp3) is 0.533. The van der Waals surface area contributed by atoms with Crippen LogP contribution in [0.15, 0.2) is 24.3 Å². The van der Waals surface area contributed by atoms with Crippen LogP contribution in [0.1, 0.15) is 16.8 Å². The monoisotopic (exact) mass is 313 g/mol. The van der Waals surface area contributed by atoms with Gasteiger partial charge in [0.2, 0.25) is 0 Å². The summed E-state index contributed by atoms with van der Waals surface area (Å²) in [6.07, 6.45) is 0.988. The van der Waals surface area contributed by atoms with Crippen molar-refractivity contribution in [2.75, 3.05) is 52.2 Å². The highest BCUT2D eigenvalue weighted by Crippen LogP contribution is 2.15. The van der Waals surface area contributed by atoms with Crippen molar-refractivity contribution in [3.8, 4) is 0 Å². The first-order chi connectivity index (χ1) is 9.72. The van der Waals surface area contributed by atoms with Crippen LogP contribution in [0.2, 0.25) is 0 Å². The van der Waals surface area contributed by atoms with Crippen molar-refractivity contribution in [1.82, 2.24) is 9.80 Å². The molecule has 1 fully saturated rings. The quantitative estimate of drug-likeness (QED) is 0.856. The Morgan fingerprint density at radius 2 is 2.00 bits per heavy atom. The second-order valence-electron chi connectivity index (χ2n) is 5.07. The lowest BCUT2D eigenvalue weighted by Crippen LogP contribution is -2.36. The van der Waals surface area contributed by atoms with Crippen molar-refractivity contribution < 1.29 is 9.53 Å². The molecule has 1 aliphatic heterocycles. The second kappa shape index (κ2) is 8.87. The molecule has 0 spiro atoms. The Hall–Kier alpha value is -1.30. The number of nitrogens with two attached hydrogens (primary N) is 1. The number of hydrogen-bond acceptors (Lipinski definition) is 4. The fourth-order valence-electron chi connectivity index (χ4n) is 2.48. The van der Waals surface area contributed by atoms with Gasteiger partial charge in [0.15, 0.2) is 0 Å². The molecule has 0 saturated carbocycles. The average Bonchev–Trinajstić information content (AvgIpc) is 2.70. The van der Waals surface area contributed by atoms with E-state index >= 15 is 0 Å². The molecule has 1 heterocycles. The van der Waals surface area contributed by atoms with Gasteiger partial charge in [-0.2, -0.15) is 0 Å². The molecule has 118 valence electrons. The highest BCUT2D eigenvalue weighted by molar-refractivity contribution is 5.99. The minimum Gasteiger partial charge on any atom is -0.398 e. The lowest BCUT2D eigenvalue weighted by atomic mass is 10.1. The van der Waals surface area contributed by atoms with Crippen molar-refractivity contribution in [3.05, 3.63) is 29.8 Å². The number of benzene rings is 1. The third-order valence-corrected chi connectivity index (χ3v) is 3.68. The van der Waals surface area contributed by atoms with E-state index in [0.717, 1.165) is 45.8 Å². The molecule has 0 unspecified atom stereocenters. The van der Waals surface area contributed by atoms with Crippen LogP contribution in [0.3, 0.4) is 0 Å². The summed E-state index contributed by atoms with van der Waals surface area (Å²) in [5.74, 6) is 0.0386. The number of methoxy groups -OCH3 is 1. The molecule has 0 aromatic heterocycles. The predicted octanol–water partition coefficient (Wildman–Crippen LogP) is 1.48. The zero-order chi connectivity index (χ0) is 14.4. The summed E-state index contributed by atoms with van der Waals surface area (Å²) in [4.78, 5) is 16.7. The predicted molar refractivity (Wildman–Crippen MR) is 86.9 cm³/mol. The number of nitrogens with zero attached hydrogens (tertiary/aromatic N) is 2. The number of rotatable bonds is 4. The highest BCUT2D eigenvalue weighted by atomic mass is 35.5. The van der Waals surface area contributed by atoms with E-state index in [9.17, 15) is 4.79 Å². The van der Waals surface area contributed by atoms with Crippen LogP contribution >= 0.6 is 12.4 Å². The summed E-state index contributed by atoms with van der Waals surface area (Å²) in [6, 6.07) is 7.27. The molecule has 6 heteroatoms. The Kier molecular flexibility index (Phi) is 7.50. The molecule has 5 nitrogen and oxygen atoms in total. The van der Waals surface area contributed by atoms with E-state index < -0.39 is 0 Å². The minimum absolute atomic E-state index is 0. The molecular weight excluding hydrogens is 290 g/mol. The van der Waals surface area contributed by atoms with Crippen molar-refractivity contribution in [2.24, 2.45) is 0 Å². The topological polar surface area (TPSA) is 58.8 Å². The maximum atomic E-state index is 12.5. The van der Waals surface area contributed by atoms with Crippen LogP contribution in [-0.2, 0) is 4.74 Å². The average molecular weight is 314 g/mol. The SMILES string of the molecule is COCCN1CCCN(C(=O)c2ccccc2N)CC1.Cl. The summed E-state index contributed by atoms with van der Waals surface area (Å²) in [5.41, 5.74) is 7.05. The number of anilines is 1. The maximum Gasteiger partial charge on any atom is 0.255 e. The zero-order valence-corrected chi connectivity index (χ0v) is 13.3. The van der Waals surface area contributed by atoms with E-state index in [0.29, 0.717) is 11.3 Å². The summed E-state index contributed by atoms with van der Waals surface area (Å²) < 4.78 is 5.11. The van der Waals surface area contributed by atoms with Crippen LogP contribution in [0.5, 0.6) is 0 Å². The lowest BCUT2D eigenvalue weighted by Gasteiger charge is -2.22. The molecule has 2 N–H and O–H groups in total. The normalized spacial score (nSPS) is 16.1. The molecule has 0 aliphatic carbocycles. The Bertz CT molecular complexity index is 456. The number of ether oxygens (including phenoxy) is 1. The number of carbonyl (C=O) groups excluding carboxylic acids is 1. The van der Waals surface area contributed by atoms with E-state index in [4.69, 9.17) is 10.5 Å². The smallest absolute Gasteiger partial charge is 0.255 e. The summed E-state index contributed by atoms with van der Waals surface area (Å²) in [7, 11) is 1.71. The number of halogens is 1. The number of hydrogen-bond donors (Lipinski definition) is 1. The van der Waals surface area contributed by atoms with Gasteiger partial charge in [0.1, 0.15) is 0 Å². The first-order valence-electron chi connectivity index (χ1n) is 7.07. The lowest BCUT2D eigenvalue weighted by molar-refractivity contribution is 0.0760. The van der Waals surface area contributed by atoms with Crippen LogP contribution in [0.4, 0.5) is 5.69 Å². The van der Waals surface area contributed by atoms with Crippen LogP contribution in [-0.4, -0.2) is 62.1 Å². The van der Waals surface area contributed by atoms with Gasteiger partial charge in [-0.05, 0) is 25.1 Å². The number of carbonyl (C=O) groups is 1. The van der Waals surface area contributed by atoms with Crippen molar-refractivity contribution >= 4 is 24.0 Å². The van der Waals surface area contributed by atoms with Crippen LogP contribution in [0, 0.1) is 0 Å². The largest absolute Gasteiger partial charge is 0.398 e. The Morgan fingerprint density at radius 1 is 1.24 bits per heavy atom. The number of para-hydroxylation sites is 1. The summed E-state index contributed by atoms with van der Waals surface area (Å²) in [5, 5.41) is 0. The highest BCUT2D eigenvalue weighted by Gasteiger charge is 2.21. The third-order valence-electron chi connectivity index (χ3n) is 3.68. The first kappa shape index (κ1) is 17.8. The van der Waals surface area contributed by atoms with Gasteiger partial charge in [-0.15, -0.1) is 12.4 Å². The van der Waals surface area contributed by atoms with Gasteiger partial charge in [-0.25, -0.2) is 0 Å². The molecule has 21 heavy (non-hydrogen) atoms. The van der Waals surface area contributed by atoms with Gasteiger partial charge in [0.25, 0.3) is 5.91 Å². The van der Waals surface area contributed by atoms with E-state index in [2.05, 4.69) is 4.90 Å². The molecule has 1 aliphatic rings. The number of nitrogen functional groups attached to an aromatic ring is 1. The van der Waals surface area contributed by atoms with Crippen LogP contribution < -0.4 is 5.73 Å². The Morgan fingerprint density at radius 3 is 2.71 bits per heavy atom. The van der Waals surface area contributed by atoms with Gasteiger partial charge in [0, 0.05) is 39.0 Å². The van der Waals surface area contributed by atoms with Gasteiger partial charge >= 0.3 is 0 Å².